The topological polar surface area (TPSA) is 45.2 Å². The van der Waals surface area contributed by atoms with Gasteiger partial charge in [-0.1, -0.05) is 22.0 Å². The molecule has 1 aromatic heterocycles. The van der Waals surface area contributed by atoms with Gasteiger partial charge in [-0.05, 0) is 49.6 Å². The fourth-order valence-corrected chi connectivity index (χ4v) is 3.00. The third-order valence-corrected chi connectivity index (χ3v) is 4.27. The molecule has 1 fully saturated rings. The normalized spacial score (nSPS) is 14.7. The quantitative estimate of drug-likeness (QED) is 0.897. The van der Waals surface area contributed by atoms with E-state index < -0.39 is 0 Å². The maximum absolute atomic E-state index is 12.2. The standard InChI is InChI=1S/C17H18BrN3O/c18-14-5-4-6-15(11-14)20-17(22)13-7-8-16(19-12-13)21-9-2-1-3-10-21/h4-8,11-12H,1-3,9-10H2,(H,20,22). The second-order valence-corrected chi connectivity index (χ2v) is 6.33. The van der Waals surface area contributed by atoms with Gasteiger partial charge in [0.05, 0.1) is 5.56 Å². The first-order valence-electron chi connectivity index (χ1n) is 7.50. The first-order valence-corrected chi connectivity index (χ1v) is 8.29. The first kappa shape index (κ1) is 15.0. The molecule has 114 valence electrons. The molecule has 1 amide bonds. The van der Waals surface area contributed by atoms with E-state index in [9.17, 15) is 4.79 Å². The Balaban J connectivity index is 1.68. The molecule has 0 unspecified atom stereocenters. The number of hydrogen-bond acceptors (Lipinski definition) is 3. The summed E-state index contributed by atoms with van der Waals surface area (Å²) < 4.78 is 0.934. The van der Waals surface area contributed by atoms with Gasteiger partial charge >= 0.3 is 0 Å². The summed E-state index contributed by atoms with van der Waals surface area (Å²) in [5.74, 6) is 0.814. The number of aromatic nitrogens is 1. The molecule has 5 heteroatoms. The third-order valence-electron chi connectivity index (χ3n) is 3.77. The van der Waals surface area contributed by atoms with Gasteiger partial charge in [-0.3, -0.25) is 4.79 Å². The molecule has 2 aromatic rings. The summed E-state index contributed by atoms with van der Waals surface area (Å²) in [5, 5.41) is 2.88. The van der Waals surface area contributed by atoms with Crippen LogP contribution in [0.25, 0.3) is 0 Å². The van der Waals surface area contributed by atoms with E-state index in [2.05, 4.69) is 31.1 Å². The molecule has 1 saturated heterocycles. The van der Waals surface area contributed by atoms with E-state index in [-0.39, 0.29) is 5.91 Å². The number of piperidine rings is 1. The molecule has 1 aliphatic heterocycles. The predicted molar refractivity (Wildman–Crippen MR) is 92.4 cm³/mol. The van der Waals surface area contributed by atoms with Crippen molar-refractivity contribution in [2.75, 3.05) is 23.3 Å². The fourth-order valence-electron chi connectivity index (χ4n) is 2.60. The number of anilines is 2. The van der Waals surface area contributed by atoms with Crippen LogP contribution in [0, 0.1) is 0 Å². The van der Waals surface area contributed by atoms with Gasteiger partial charge in [0.1, 0.15) is 5.82 Å². The van der Waals surface area contributed by atoms with Gasteiger partial charge < -0.3 is 10.2 Å². The Morgan fingerprint density at radius 2 is 1.95 bits per heavy atom. The molecular weight excluding hydrogens is 342 g/mol. The highest BCUT2D eigenvalue weighted by atomic mass is 79.9. The molecule has 2 heterocycles. The number of halogens is 1. The molecule has 1 aliphatic rings. The van der Waals surface area contributed by atoms with Crippen LogP contribution in [0.2, 0.25) is 0 Å². The number of carbonyl (C=O) groups is 1. The highest BCUT2D eigenvalue weighted by molar-refractivity contribution is 9.10. The number of carbonyl (C=O) groups excluding carboxylic acids is 1. The highest BCUT2D eigenvalue weighted by Crippen LogP contribution is 2.19. The molecule has 1 aromatic carbocycles. The molecule has 0 radical (unpaired) electrons. The van der Waals surface area contributed by atoms with Crippen molar-refractivity contribution in [3.05, 3.63) is 52.6 Å². The highest BCUT2D eigenvalue weighted by Gasteiger charge is 2.13. The van der Waals surface area contributed by atoms with Gasteiger partial charge in [-0.15, -0.1) is 0 Å². The van der Waals surface area contributed by atoms with Crippen molar-refractivity contribution in [3.8, 4) is 0 Å². The van der Waals surface area contributed by atoms with E-state index in [1.54, 1.807) is 6.20 Å². The largest absolute Gasteiger partial charge is 0.357 e. The first-order chi connectivity index (χ1) is 10.7. The van der Waals surface area contributed by atoms with Gasteiger partial charge in [0.15, 0.2) is 0 Å². The van der Waals surface area contributed by atoms with Crippen molar-refractivity contribution >= 4 is 33.3 Å². The second-order valence-electron chi connectivity index (χ2n) is 5.42. The summed E-state index contributed by atoms with van der Waals surface area (Å²) in [6.45, 7) is 2.10. The van der Waals surface area contributed by atoms with E-state index in [0.29, 0.717) is 5.56 Å². The predicted octanol–water partition coefficient (Wildman–Crippen LogP) is 4.09. The lowest BCUT2D eigenvalue weighted by Gasteiger charge is -2.27. The summed E-state index contributed by atoms with van der Waals surface area (Å²) in [6, 6.07) is 11.3. The van der Waals surface area contributed by atoms with E-state index in [1.165, 1.54) is 19.3 Å². The van der Waals surface area contributed by atoms with Crippen LogP contribution in [0.4, 0.5) is 11.5 Å². The molecule has 1 N–H and O–H groups in total. The van der Waals surface area contributed by atoms with E-state index in [0.717, 1.165) is 29.1 Å². The number of benzene rings is 1. The van der Waals surface area contributed by atoms with Crippen molar-refractivity contribution in [1.29, 1.82) is 0 Å². The van der Waals surface area contributed by atoms with Gasteiger partial charge in [-0.25, -0.2) is 4.98 Å². The van der Waals surface area contributed by atoms with Crippen LogP contribution >= 0.6 is 15.9 Å². The molecule has 4 nitrogen and oxygen atoms in total. The molecule has 0 atom stereocenters. The van der Waals surface area contributed by atoms with Gasteiger partial charge in [0, 0.05) is 29.4 Å². The van der Waals surface area contributed by atoms with E-state index in [1.807, 2.05) is 36.4 Å². The van der Waals surface area contributed by atoms with E-state index >= 15 is 0 Å². The zero-order valence-corrected chi connectivity index (χ0v) is 13.8. The monoisotopic (exact) mass is 359 g/mol. The molecule has 0 spiro atoms. The molecular formula is C17H18BrN3O. The number of amides is 1. The van der Waals surface area contributed by atoms with Gasteiger partial charge in [-0.2, -0.15) is 0 Å². The zero-order chi connectivity index (χ0) is 15.4. The van der Waals surface area contributed by atoms with E-state index in [4.69, 9.17) is 0 Å². The minimum Gasteiger partial charge on any atom is -0.357 e. The van der Waals surface area contributed by atoms with Crippen molar-refractivity contribution in [3.63, 3.8) is 0 Å². The second kappa shape index (κ2) is 6.92. The van der Waals surface area contributed by atoms with Crippen LogP contribution in [0.1, 0.15) is 29.6 Å². The van der Waals surface area contributed by atoms with Crippen molar-refractivity contribution < 1.29 is 4.79 Å². The van der Waals surface area contributed by atoms with Crippen LogP contribution in [0.5, 0.6) is 0 Å². The Morgan fingerprint density at radius 3 is 2.64 bits per heavy atom. The Morgan fingerprint density at radius 1 is 1.14 bits per heavy atom. The molecule has 0 bridgehead atoms. The van der Waals surface area contributed by atoms with Crippen molar-refractivity contribution in [2.24, 2.45) is 0 Å². The number of pyridine rings is 1. The summed E-state index contributed by atoms with van der Waals surface area (Å²) in [6.07, 6.45) is 5.38. The smallest absolute Gasteiger partial charge is 0.257 e. The van der Waals surface area contributed by atoms with Crippen LogP contribution in [-0.4, -0.2) is 24.0 Å². The molecule has 0 aliphatic carbocycles. The Labute approximate surface area is 138 Å². The Kier molecular flexibility index (Phi) is 4.73. The Hall–Kier alpha value is -1.88. The zero-order valence-electron chi connectivity index (χ0n) is 12.3. The molecule has 3 rings (SSSR count). The van der Waals surface area contributed by atoms with Crippen molar-refractivity contribution in [1.82, 2.24) is 4.98 Å². The lowest BCUT2D eigenvalue weighted by molar-refractivity contribution is 0.102. The summed E-state index contributed by atoms with van der Waals surface area (Å²) in [5.41, 5.74) is 1.33. The fraction of sp³-hybridized carbons (Fsp3) is 0.294. The SMILES string of the molecule is O=C(Nc1cccc(Br)c1)c1ccc(N2CCCCC2)nc1. The number of nitrogens with one attached hydrogen (secondary N) is 1. The lowest BCUT2D eigenvalue weighted by atomic mass is 10.1. The summed E-state index contributed by atoms with van der Waals surface area (Å²) in [4.78, 5) is 18.9. The Bertz CT molecular complexity index is 651. The van der Waals surface area contributed by atoms with Crippen LogP contribution in [0.15, 0.2) is 47.1 Å². The van der Waals surface area contributed by atoms with Crippen LogP contribution < -0.4 is 10.2 Å². The maximum Gasteiger partial charge on any atom is 0.257 e. The maximum atomic E-state index is 12.2. The minimum absolute atomic E-state index is 0.143. The summed E-state index contributed by atoms with van der Waals surface area (Å²) in [7, 11) is 0. The molecule has 0 saturated carbocycles. The van der Waals surface area contributed by atoms with Crippen LogP contribution in [-0.2, 0) is 0 Å². The molecule has 22 heavy (non-hydrogen) atoms. The number of hydrogen-bond donors (Lipinski definition) is 1. The summed E-state index contributed by atoms with van der Waals surface area (Å²) >= 11 is 3.39. The van der Waals surface area contributed by atoms with Crippen molar-refractivity contribution in [2.45, 2.75) is 19.3 Å². The lowest BCUT2D eigenvalue weighted by Crippen LogP contribution is -2.30. The van der Waals surface area contributed by atoms with Crippen LogP contribution in [0.3, 0.4) is 0 Å². The average molecular weight is 360 g/mol. The number of nitrogens with zero attached hydrogens (tertiary/aromatic N) is 2. The van der Waals surface area contributed by atoms with Gasteiger partial charge in [0.2, 0.25) is 0 Å². The van der Waals surface area contributed by atoms with Gasteiger partial charge in [0.25, 0.3) is 5.91 Å². The average Bonchev–Trinajstić information content (AvgIpc) is 2.56. The number of rotatable bonds is 3. The third kappa shape index (κ3) is 3.65. The minimum atomic E-state index is -0.143.